The molecular formula is C30H55N3O3. The van der Waals surface area contributed by atoms with E-state index >= 15 is 0 Å². The molecule has 0 aliphatic rings. The number of unbranched alkanes of at least 4 members (excludes halogenated alkanes) is 9. The van der Waals surface area contributed by atoms with E-state index in [0.717, 1.165) is 45.3 Å². The first-order valence-electron chi connectivity index (χ1n) is 14.7. The van der Waals surface area contributed by atoms with Crippen molar-refractivity contribution in [1.82, 2.24) is 10.6 Å². The van der Waals surface area contributed by atoms with Crippen molar-refractivity contribution in [1.29, 1.82) is 0 Å². The van der Waals surface area contributed by atoms with E-state index in [1.165, 1.54) is 56.9 Å². The molecule has 0 aromatic heterocycles. The number of carbonyl (C=O) groups excluding carboxylic acids is 1. The molecule has 1 aromatic carbocycles. The number of hydrogen-bond acceptors (Lipinski definition) is 5. The molecule has 36 heavy (non-hydrogen) atoms. The van der Waals surface area contributed by atoms with Crippen molar-refractivity contribution in [2.45, 2.75) is 116 Å². The number of hydrogen-bond donors (Lipinski definition) is 3. The summed E-state index contributed by atoms with van der Waals surface area (Å²) in [7, 11) is 0. The first kappa shape index (κ1) is 32.6. The van der Waals surface area contributed by atoms with Crippen molar-refractivity contribution in [3.63, 3.8) is 0 Å². The van der Waals surface area contributed by atoms with Crippen LogP contribution in [-0.4, -0.2) is 51.0 Å². The second kappa shape index (κ2) is 23.9. The van der Waals surface area contributed by atoms with Crippen LogP contribution in [0.5, 0.6) is 0 Å². The van der Waals surface area contributed by atoms with E-state index < -0.39 is 0 Å². The predicted octanol–water partition coefficient (Wildman–Crippen LogP) is 5.73. The summed E-state index contributed by atoms with van der Waals surface area (Å²) in [5, 5.41) is 6.58. The van der Waals surface area contributed by atoms with Gasteiger partial charge in [-0.05, 0) is 37.8 Å². The van der Waals surface area contributed by atoms with Crippen LogP contribution in [0.15, 0.2) is 30.3 Å². The van der Waals surface area contributed by atoms with Crippen LogP contribution in [0, 0.1) is 0 Å². The fourth-order valence-electron chi connectivity index (χ4n) is 4.14. The van der Waals surface area contributed by atoms with Gasteiger partial charge in [0, 0.05) is 26.3 Å². The van der Waals surface area contributed by atoms with Crippen LogP contribution in [-0.2, 0) is 20.8 Å². The average Bonchev–Trinajstić information content (AvgIpc) is 2.90. The van der Waals surface area contributed by atoms with E-state index in [1.54, 1.807) is 0 Å². The van der Waals surface area contributed by atoms with Gasteiger partial charge in [0.15, 0.2) is 0 Å². The number of nitrogens with one attached hydrogen (secondary N) is 2. The minimum absolute atomic E-state index is 0.0269. The number of amides is 1. The maximum atomic E-state index is 13.1. The Kier molecular flexibility index (Phi) is 21.6. The molecule has 208 valence electrons. The highest BCUT2D eigenvalue weighted by Gasteiger charge is 2.19. The third-order valence-electron chi connectivity index (χ3n) is 6.46. The fourth-order valence-corrected chi connectivity index (χ4v) is 4.14. The van der Waals surface area contributed by atoms with E-state index in [1.807, 2.05) is 18.2 Å². The molecule has 0 bridgehead atoms. The van der Waals surface area contributed by atoms with E-state index in [-0.39, 0.29) is 18.1 Å². The number of ether oxygens (including phenoxy) is 2. The van der Waals surface area contributed by atoms with Crippen molar-refractivity contribution in [2.24, 2.45) is 5.73 Å². The van der Waals surface area contributed by atoms with E-state index in [2.05, 4.69) is 36.6 Å². The summed E-state index contributed by atoms with van der Waals surface area (Å²) in [5.74, 6) is 0.0269. The smallest absolute Gasteiger partial charge is 0.237 e. The van der Waals surface area contributed by atoms with E-state index in [0.29, 0.717) is 26.2 Å². The standard InChI is InChI=1S/C30H55N3O3/c1-3-5-7-9-16-22-35-26-28(36-23-17-10-8-6-4-2)25-33-30(34)29(20-14-15-21-31)32-24-27-18-12-11-13-19-27/h11-13,18-19,28-29,32H,3-10,14-17,20-26,31H2,1-2H3,(H,33,34)/t28?,29-/m0/s1. The fraction of sp³-hybridized carbons (Fsp3) is 0.767. The number of carbonyl (C=O) groups is 1. The van der Waals surface area contributed by atoms with Crippen molar-refractivity contribution in [2.75, 3.05) is 32.9 Å². The highest BCUT2D eigenvalue weighted by Crippen LogP contribution is 2.07. The number of nitrogens with two attached hydrogens (primary N) is 1. The molecule has 1 unspecified atom stereocenters. The third kappa shape index (κ3) is 17.9. The van der Waals surface area contributed by atoms with Gasteiger partial charge in [-0.2, -0.15) is 0 Å². The first-order chi connectivity index (χ1) is 17.7. The van der Waals surface area contributed by atoms with Crippen LogP contribution < -0.4 is 16.4 Å². The van der Waals surface area contributed by atoms with Crippen LogP contribution >= 0.6 is 0 Å². The molecule has 1 rings (SSSR count). The third-order valence-corrected chi connectivity index (χ3v) is 6.46. The Bertz CT molecular complexity index is 615. The number of rotatable bonds is 25. The molecule has 6 nitrogen and oxygen atoms in total. The lowest BCUT2D eigenvalue weighted by Crippen LogP contribution is -2.47. The minimum Gasteiger partial charge on any atom is -0.379 e. The van der Waals surface area contributed by atoms with Crippen LogP contribution in [0.4, 0.5) is 0 Å². The van der Waals surface area contributed by atoms with Crippen molar-refractivity contribution in [3.05, 3.63) is 35.9 Å². The molecule has 0 aliphatic carbocycles. The van der Waals surface area contributed by atoms with Crippen LogP contribution in [0.3, 0.4) is 0 Å². The van der Waals surface area contributed by atoms with Gasteiger partial charge in [-0.3, -0.25) is 4.79 Å². The van der Waals surface area contributed by atoms with Gasteiger partial charge in [-0.25, -0.2) is 0 Å². The zero-order chi connectivity index (χ0) is 26.1. The SMILES string of the molecule is CCCCCCCOCC(CNC(=O)[C@H](CCCCN)NCc1ccccc1)OCCCCCCC. The molecule has 0 radical (unpaired) electrons. The van der Waals surface area contributed by atoms with Gasteiger partial charge in [0.25, 0.3) is 0 Å². The molecule has 0 heterocycles. The lowest BCUT2D eigenvalue weighted by molar-refractivity contribution is -0.124. The van der Waals surface area contributed by atoms with Gasteiger partial charge in [0.1, 0.15) is 0 Å². The van der Waals surface area contributed by atoms with Gasteiger partial charge in [-0.15, -0.1) is 0 Å². The zero-order valence-corrected chi connectivity index (χ0v) is 23.3. The topological polar surface area (TPSA) is 85.6 Å². The van der Waals surface area contributed by atoms with Crippen LogP contribution in [0.25, 0.3) is 0 Å². The Balaban J connectivity index is 2.51. The van der Waals surface area contributed by atoms with Gasteiger partial charge < -0.3 is 25.8 Å². The normalized spacial score (nSPS) is 13.0. The minimum atomic E-state index is -0.245. The summed E-state index contributed by atoms with van der Waals surface area (Å²) in [6.07, 6.45) is 14.6. The van der Waals surface area contributed by atoms with Crippen LogP contribution in [0.1, 0.15) is 103 Å². The Morgan fingerprint density at radius 2 is 1.53 bits per heavy atom. The van der Waals surface area contributed by atoms with Gasteiger partial charge in [0.2, 0.25) is 5.91 Å². The highest BCUT2D eigenvalue weighted by atomic mass is 16.5. The Morgan fingerprint density at radius 1 is 0.861 bits per heavy atom. The number of benzene rings is 1. The van der Waals surface area contributed by atoms with E-state index in [9.17, 15) is 4.79 Å². The van der Waals surface area contributed by atoms with Crippen molar-refractivity contribution in [3.8, 4) is 0 Å². The Hall–Kier alpha value is -1.47. The highest BCUT2D eigenvalue weighted by molar-refractivity contribution is 5.81. The van der Waals surface area contributed by atoms with Gasteiger partial charge in [0.05, 0.1) is 18.8 Å². The maximum absolute atomic E-state index is 13.1. The largest absolute Gasteiger partial charge is 0.379 e. The van der Waals surface area contributed by atoms with Gasteiger partial charge in [-0.1, -0.05) is 102 Å². The molecule has 1 amide bonds. The molecule has 1 aromatic rings. The molecule has 6 heteroatoms. The summed E-state index contributed by atoms with van der Waals surface area (Å²) < 4.78 is 12.1. The van der Waals surface area contributed by atoms with Gasteiger partial charge >= 0.3 is 0 Å². The lowest BCUT2D eigenvalue weighted by Gasteiger charge is -2.22. The molecule has 0 fully saturated rings. The van der Waals surface area contributed by atoms with Crippen molar-refractivity contribution < 1.29 is 14.3 Å². The Morgan fingerprint density at radius 3 is 2.19 bits per heavy atom. The quantitative estimate of drug-likeness (QED) is 0.148. The predicted molar refractivity (Wildman–Crippen MR) is 151 cm³/mol. The summed E-state index contributed by atoms with van der Waals surface area (Å²) >= 11 is 0. The van der Waals surface area contributed by atoms with Crippen molar-refractivity contribution >= 4 is 5.91 Å². The summed E-state index contributed by atoms with van der Waals surface area (Å²) in [6, 6.07) is 9.96. The summed E-state index contributed by atoms with van der Waals surface area (Å²) in [5.41, 5.74) is 6.85. The first-order valence-corrected chi connectivity index (χ1v) is 14.7. The maximum Gasteiger partial charge on any atom is 0.237 e. The van der Waals surface area contributed by atoms with E-state index in [4.69, 9.17) is 15.2 Å². The molecule has 0 aliphatic heterocycles. The Labute approximate surface area is 221 Å². The summed E-state index contributed by atoms with van der Waals surface area (Å²) in [4.78, 5) is 13.1. The molecule has 0 saturated carbocycles. The molecule has 2 atom stereocenters. The lowest BCUT2D eigenvalue weighted by atomic mass is 10.1. The molecule has 4 N–H and O–H groups in total. The molecule has 0 saturated heterocycles. The zero-order valence-electron chi connectivity index (χ0n) is 23.3. The second-order valence-electron chi connectivity index (χ2n) is 9.84. The molecule has 0 spiro atoms. The average molecular weight is 506 g/mol. The second-order valence-corrected chi connectivity index (χ2v) is 9.84. The summed E-state index contributed by atoms with van der Waals surface area (Å²) in [6.45, 7) is 8.26. The monoisotopic (exact) mass is 505 g/mol. The molecular weight excluding hydrogens is 450 g/mol. The van der Waals surface area contributed by atoms with Crippen LogP contribution in [0.2, 0.25) is 0 Å².